The van der Waals surface area contributed by atoms with Crippen LogP contribution in [0.5, 0.6) is 0 Å². The molecule has 9 heteroatoms. The molecule has 21 heavy (non-hydrogen) atoms. The van der Waals surface area contributed by atoms with Crippen LogP contribution in [0, 0.1) is 0 Å². The van der Waals surface area contributed by atoms with E-state index in [0.717, 1.165) is 16.2 Å². The number of carboxylic acids is 1. The molecule has 1 aromatic rings. The first-order valence-corrected chi connectivity index (χ1v) is 6.90. The van der Waals surface area contributed by atoms with Crippen molar-refractivity contribution >= 4 is 34.1 Å². The van der Waals surface area contributed by atoms with Gasteiger partial charge in [-0.3, -0.25) is 15.0 Å². The van der Waals surface area contributed by atoms with E-state index in [9.17, 15) is 19.5 Å². The number of ether oxygens (including phenoxy) is 1. The van der Waals surface area contributed by atoms with E-state index < -0.39 is 23.4 Å². The third kappa shape index (κ3) is 3.04. The Balaban J connectivity index is 2.40. The molecular formula is C12H15N3O5S. The van der Waals surface area contributed by atoms with Crippen LogP contribution in [0.3, 0.4) is 0 Å². The van der Waals surface area contributed by atoms with Gasteiger partial charge in [0.15, 0.2) is 0 Å². The number of nitrogens with two attached hydrogens (primary N) is 1. The van der Waals surface area contributed by atoms with E-state index in [1.165, 1.54) is 0 Å². The molecular weight excluding hydrogens is 298 g/mol. The van der Waals surface area contributed by atoms with Gasteiger partial charge in [-0.05, 0) is 19.4 Å². The Labute approximate surface area is 124 Å². The van der Waals surface area contributed by atoms with Crippen LogP contribution in [0.15, 0.2) is 0 Å². The molecule has 1 aliphatic heterocycles. The van der Waals surface area contributed by atoms with Crippen molar-refractivity contribution in [3.8, 4) is 0 Å². The molecule has 2 heterocycles. The van der Waals surface area contributed by atoms with Crippen molar-refractivity contribution in [3.63, 3.8) is 0 Å². The fraction of sp³-hybridized carbons (Fsp3) is 0.417. The van der Waals surface area contributed by atoms with Crippen molar-refractivity contribution in [2.45, 2.75) is 32.5 Å². The smallest absolute Gasteiger partial charge is 0.339 e. The minimum absolute atomic E-state index is 0.00421. The number of carbonyl (C=O) groups excluding carboxylic acids is 2. The highest BCUT2D eigenvalue weighted by atomic mass is 32.1. The Morgan fingerprint density at radius 2 is 2.00 bits per heavy atom. The molecule has 8 nitrogen and oxygen atoms in total. The molecule has 0 saturated heterocycles. The number of carboxylic acid groups (broad SMARTS) is 1. The number of fused-ring (bicyclic) bond motifs is 1. The SMILES string of the molecule is CC1(C)Cc2c(sc(NC(=O)C(=O)NN)c2C(=O)O)CO1. The largest absolute Gasteiger partial charge is 0.478 e. The second-order valence-electron chi connectivity index (χ2n) is 5.17. The van der Waals surface area contributed by atoms with Crippen LogP contribution >= 0.6 is 11.3 Å². The minimum atomic E-state index is -1.16. The van der Waals surface area contributed by atoms with Crippen LogP contribution in [-0.2, 0) is 27.4 Å². The number of anilines is 1. The zero-order valence-electron chi connectivity index (χ0n) is 11.5. The average molecular weight is 313 g/mol. The van der Waals surface area contributed by atoms with Gasteiger partial charge in [0.2, 0.25) is 0 Å². The molecule has 0 aromatic carbocycles. The molecule has 5 N–H and O–H groups in total. The van der Waals surface area contributed by atoms with Gasteiger partial charge in [-0.2, -0.15) is 0 Å². The molecule has 0 bridgehead atoms. The van der Waals surface area contributed by atoms with Gasteiger partial charge in [-0.15, -0.1) is 11.3 Å². The molecule has 0 atom stereocenters. The maximum absolute atomic E-state index is 11.5. The number of rotatable bonds is 2. The van der Waals surface area contributed by atoms with Crippen molar-refractivity contribution in [2.24, 2.45) is 5.84 Å². The number of hydrazine groups is 1. The first-order valence-electron chi connectivity index (χ1n) is 6.09. The van der Waals surface area contributed by atoms with Crippen LogP contribution in [0.4, 0.5) is 5.00 Å². The Bertz CT molecular complexity index is 623. The number of carbonyl (C=O) groups is 3. The van der Waals surface area contributed by atoms with Crippen LogP contribution < -0.4 is 16.6 Å². The minimum Gasteiger partial charge on any atom is -0.478 e. The van der Waals surface area contributed by atoms with Gasteiger partial charge in [0.1, 0.15) is 5.00 Å². The fourth-order valence-electron chi connectivity index (χ4n) is 2.09. The Morgan fingerprint density at radius 3 is 2.57 bits per heavy atom. The van der Waals surface area contributed by atoms with Gasteiger partial charge in [0.05, 0.1) is 17.8 Å². The molecule has 2 rings (SSSR count). The van der Waals surface area contributed by atoms with Gasteiger partial charge in [0.25, 0.3) is 0 Å². The Kier molecular flexibility index (Phi) is 3.99. The summed E-state index contributed by atoms with van der Waals surface area (Å²) in [4.78, 5) is 34.9. The molecule has 0 saturated carbocycles. The predicted molar refractivity (Wildman–Crippen MR) is 74.8 cm³/mol. The summed E-state index contributed by atoms with van der Waals surface area (Å²) in [5.74, 6) is 1.64. The molecule has 114 valence electrons. The van der Waals surface area contributed by atoms with E-state index in [-0.39, 0.29) is 17.2 Å². The van der Waals surface area contributed by atoms with Crippen molar-refractivity contribution in [1.82, 2.24) is 5.43 Å². The zero-order valence-corrected chi connectivity index (χ0v) is 12.3. The first-order chi connectivity index (χ1) is 9.75. The van der Waals surface area contributed by atoms with Crippen LogP contribution in [0.2, 0.25) is 0 Å². The first kappa shape index (κ1) is 15.4. The molecule has 1 aromatic heterocycles. The van der Waals surface area contributed by atoms with Gasteiger partial charge in [0, 0.05) is 11.3 Å². The van der Waals surface area contributed by atoms with Gasteiger partial charge in [-0.1, -0.05) is 0 Å². The van der Waals surface area contributed by atoms with Crippen LogP contribution in [0.25, 0.3) is 0 Å². The van der Waals surface area contributed by atoms with Crippen molar-refractivity contribution in [1.29, 1.82) is 0 Å². The fourth-order valence-corrected chi connectivity index (χ4v) is 3.21. The molecule has 0 radical (unpaired) electrons. The monoisotopic (exact) mass is 313 g/mol. The summed E-state index contributed by atoms with van der Waals surface area (Å²) < 4.78 is 5.62. The molecule has 1 aliphatic rings. The van der Waals surface area contributed by atoms with Gasteiger partial charge in [-0.25, -0.2) is 10.6 Å². The number of aromatic carboxylic acids is 1. The van der Waals surface area contributed by atoms with Crippen LogP contribution in [-0.4, -0.2) is 28.5 Å². The Morgan fingerprint density at radius 1 is 1.33 bits per heavy atom. The number of thiophene rings is 1. The summed E-state index contributed by atoms with van der Waals surface area (Å²) in [6.07, 6.45) is 0.416. The lowest BCUT2D eigenvalue weighted by atomic mass is 9.93. The highest BCUT2D eigenvalue weighted by Crippen LogP contribution is 2.40. The second kappa shape index (κ2) is 5.43. The lowest BCUT2D eigenvalue weighted by Crippen LogP contribution is -2.39. The molecule has 0 spiro atoms. The third-order valence-corrected chi connectivity index (χ3v) is 4.19. The lowest BCUT2D eigenvalue weighted by molar-refractivity contribution is -0.136. The summed E-state index contributed by atoms with van der Waals surface area (Å²) in [6.45, 7) is 3.99. The maximum Gasteiger partial charge on any atom is 0.339 e. The number of hydrogen-bond donors (Lipinski definition) is 4. The summed E-state index contributed by atoms with van der Waals surface area (Å²) >= 11 is 1.09. The highest BCUT2D eigenvalue weighted by molar-refractivity contribution is 7.17. The summed E-state index contributed by atoms with van der Waals surface area (Å²) in [7, 11) is 0. The normalized spacial score (nSPS) is 16.0. The average Bonchev–Trinajstić information content (AvgIpc) is 2.73. The van der Waals surface area contributed by atoms with Gasteiger partial charge >= 0.3 is 17.8 Å². The quantitative estimate of drug-likeness (QED) is 0.267. The lowest BCUT2D eigenvalue weighted by Gasteiger charge is -2.30. The summed E-state index contributed by atoms with van der Waals surface area (Å²) in [6, 6.07) is 0. The number of amides is 2. The molecule has 0 aliphatic carbocycles. The van der Waals surface area contributed by atoms with E-state index >= 15 is 0 Å². The van der Waals surface area contributed by atoms with Crippen molar-refractivity contribution < 1.29 is 24.2 Å². The van der Waals surface area contributed by atoms with E-state index in [1.54, 1.807) is 5.43 Å². The van der Waals surface area contributed by atoms with Crippen molar-refractivity contribution in [3.05, 3.63) is 16.0 Å². The standard InChI is InChI=1S/C12H15N3O5S/c1-12(2)3-5-6(4-20-12)21-10(7(5)11(18)19)14-8(16)9(17)15-13/h3-4,13H2,1-2H3,(H,14,16)(H,15,17)(H,18,19). The topological polar surface area (TPSA) is 131 Å². The summed E-state index contributed by atoms with van der Waals surface area (Å²) in [5, 5.41) is 11.8. The number of nitrogens with one attached hydrogen (secondary N) is 2. The number of hydrogen-bond acceptors (Lipinski definition) is 6. The van der Waals surface area contributed by atoms with E-state index in [4.69, 9.17) is 10.6 Å². The van der Waals surface area contributed by atoms with E-state index in [2.05, 4.69) is 5.32 Å². The Hall–Kier alpha value is -1.97. The van der Waals surface area contributed by atoms with E-state index in [0.29, 0.717) is 12.0 Å². The van der Waals surface area contributed by atoms with Crippen LogP contribution in [0.1, 0.15) is 34.6 Å². The molecule has 0 unspecified atom stereocenters. The zero-order chi connectivity index (χ0) is 15.8. The van der Waals surface area contributed by atoms with E-state index in [1.807, 2.05) is 13.8 Å². The van der Waals surface area contributed by atoms with Crippen molar-refractivity contribution in [2.75, 3.05) is 5.32 Å². The second-order valence-corrected chi connectivity index (χ2v) is 6.27. The summed E-state index contributed by atoms with van der Waals surface area (Å²) in [5.41, 5.74) is 1.85. The van der Waals surface area contributed by atoms with Gasteiger partial charge < -0.3 is 15.2 Å². The third-order valence-electron chi connectivity index (χ3n) is 3.07. The molecule has 0 fully saturated rings. The highest BCUT2D eigenvalue weighted by Gasteiger charge is 2.34. The maximum atomic E-state index is 11.5. The predicted octanol–water partition coefficient (Wildman–Crippen LogP) is 0.226. The molecule has 2 amide bonds.